The molecule has 0 aliphatic heterocycles. The summed E-state index contributed by atoms with van der Waals surface area (Å²) < 4.78 is 6.81. The van der Waals surface area contributed by atoms with Crippen molar-refractivity contribution in [1.82, 2.24) is 9.55 Å². The fourth-order valence-electron chi connectivity index (χ4n) is 3.41. The molecule has 28 heavy (non-hydrogen) atoms. The molecule has 1 heterocycles. The SMILES string of the molecule is Cc1ccccc1N(C)c1ccccc1-c1nc2ccccc2n1C.[CH3][Pb][CH3]. The van der Waals surface area contributed by atoms with Gasteiger partial charge in [-0.25, -0.2) is 4.98 Å². The van der Waals surface area contributed by atoms with Gasteiger partial charge in [-0.1, -0.05) is 42.5 Å². The number of hydrogen-bond donors (Lipinski definition) is 0. The van der Waals surface area contributed by atoms with Crippen molar-refractivity contribution < 1.29 is 0 Å². The van der Waals surface area contributed by atoms with Gasteiger partial charge in [-0.05, 0) is 42.8 Å². The summed E-state index contributed by atoms with van der Waals surface area (Å²) in [5, 5.41) is 0. The topological polar surface area (TPSA) is 21.1 Å². The molecule has 0 unspecified atom stereocenters. The van der Waals surface area contributed by atoms with Crippen molar-refractivity contribution in [2.24, 2.45) is 7.05 Å². The molecule has 4 aromatic rings. The third-order valence-electron chi connectivity index (χ3n) is 4.77. The molecule has 2 radical (unpaired) electrons. The molecule has 0 amide bonds. The molecule has 0 saturated heterocycles. The fourth-order valence-corrected chi connectivity index (χ4v) is 3.41. The van der Waals surface area contributed by atoms with E-state index in [4.69, 9.17) is 4.98 Å². The summed E-state index contributed by atoms with van der Waals surface area (Å²) in [7, 11) is 4.19. The van der Waals surface area contributed by atoms with E-state index in [1.165, 1.54) is 11.3 Å². The van der Waals surface area contributed by atoms with E-state index in [0.29, 0.717) is 0 Å². The number of fused-ring (bicyclic) bond motifs is 1. The van der Waals surface area contributed by atoms with Crippen molar-refractivity contribution in [1.29, 1.82) is 0 Å². The summed E-state index contributed by atoms with van der Waals surface area (Å²) in [6.07, 6.45) is 0. The minimum atomic E-state index is 0.0833. The molecule has 4 rings (SSSR count). The number of anilines is 2. The van der Waals surface area contributed by atoms with E-state index in [0.717, 1.165) is 28.1 Å². The summed E-state index contributed by atoms with van der Waals surface area (Å²) in [4.78, 5) is 7.12. The number of nitrogens with zero attached hydrogens (tertiary/aromatic N) is 3. The van der Waals surface area contributed by atoms with Crippen LogP contribution in [0.2, 0.25) is 8.97 Å². The van der Waals surface area contributed by atoms with Gasteiger partial charge >= 0.3 is 33.2 Å². The Morgan fingerprint density at radius 3 is 2.07 bits per heavy atom. The van der Waals surface area contributed by atoms with Crippen LogP contribution in [0.4, 0.5) is 11.4 Å². The molecule has 0 spiro atoms. The van der Waals surface area contributed by atoms with Crippen LogP contribution in [-0.4, -0.2) is 40.8 Å². The Labute approximate surface area is 180 Å². The van der Waals surface area contributed by atoms with E-state index in [2.05, 4.69) is 106 Å². The van der Waals surface area contributed by atoms with Crippen LogP contribution in [0.25, 0.3) is 22.4 Å². The molecule has 0 saturated carbocycles. The Morgan fingerprint density at radius 1 is 0.821 bits per heavy atom. The minimum absolute atomic E-state index is 0.0833. The second-order valence-corrected chi connectivity index (χ2v) is 10.7. The predicted octanol–water partition coefficient (Wildman–Crippen LogP) is 6.10. The van der Waals surface area contributed by atoms with Crippen LogP contribution in [0, 0.1) is 6.92 Å². The number of aryl methyl sites for hydroxylation is 2. The Kier molecular flexibility index (Phi) is 6.89. The fraction of sp³-hybridized carbons (Fsp3) is 0.208. The van der Waals surface area contributed by atoms with Crippen LogP contribution >= 0.6 is 0 Å². The molecule has 3 nitrogen and oxygen atoms in total. The summed E-state index contributed by atoms with van der Waals surface area (Å²) >= 11 is 0.0833. The number of benzene rings is 3. The maximum atomic E-state index is 4.88. The zero-order valence-electron chi connectivity index (χ0n) is 17.3. The number of rotatable bonds is 3. The van der Waals surface area contributed by atoms with Crippen LogP contribution < -0.4 is 4.90 Å². The first kappa shape index (κ1) is 20.6. The first-order valence-corrected chi connectivity index (χ1v) is 17.2. The Balaban J connectivity index is 0.000000706. The molecule has 0 atom stereocenters. The quantitative estimate of drug-likeness (QED) is 0.280. The molecule has 142 valence electrons. The van der Waals surface area contributed by atoms with Crippen LogP contribution in [0.1, 0.15) is 5.56 Å². The summed E-state index contributed by atoms with van der Waals surface area (Å²) in [6.45, 7) is 2.14. The molecule has 0 N–H and O–H groups in total. The van der Waals surface area contributed by atoms with Gasteiger partial charge in [-0.15, -0.1) is 0 Å². The number of aromatic nitrogens is 2. The van der Waals surface area contributed by atoms with E-state index in [-0.39, 0.29) is 24.2 Å². The van der Waals surface area contributed by atoms with Crippen LogP contribution in [0.5, 0.6) is 0 Å². The Morgan fingerprint density at radius 2 is 1.39 bits per heavy atom. The third-order valence-corrected chi connectivity index (χ3v) is 4.77. The number of imidazole rings is 1. The van der Waals surface area contributed by atoms with Gasteiger partial charge in [-0.2, -0.15) is 0 Å². The van der Waals surface area contributed by atoms with E-state index < -0.39 is 0 Å². The average molecular weight is 565 g/mol. The monoisotopic (exact) mass is 565 g/mol. The maximum absolute atomic E-state index is 4.88. The van der Waals surface area contributed by atoms with Crippen LogP contribution in [0.15, 0.2) is 72.8 Å². The second kappa shape index (κ2) is 9.37. The van der Waals surface area contributed by atoms with Crippen molar-refractivity contribution in [3.63, 3.8) is 0 Å². The van der Waals surface area contributed by atoms with Gasteiger partial charge < -0.3 is 9.47 Å². The molecule has 3 aromatic carbocycles. The van der Waals surface area contributed by atoms with E-state index in [1.54, 1.807) is 0 Å². The van der Waals surface area contributed by atoms with E-state index in [1.807, 2.05) is 6.07 Å². The number of para-hydroxylation sites is 4. The molecule has 0 aliphatic rings. The Hall–Kier alpha value is -2.15. The van der Waals surface area contributed by atoms with Crippen LogP contribution in [-0.2, 0) is 7.05 Å². The van der Waals surface area contributed by atoms with E-state index >= 15 is 0 Å². The zero-order valence-corrected chi connectivity index (χ0v) is 21.2. The van der Waals surface area contributed by atoms with Gasteiger partial charge in [0.05, 0.1) is 16.7 Å². The molecule has 4 heteroatoms. The predicted molar refractivity (Wildman–Crippen MR) is 123 cm³/mol. The standard InChI is InChI=1S/C22H21N3.2CH3.Pb/c1-16-10-4-7-13-19(16)24(2)20-14-8-5-11-17(20)22-23-18-12-6-9-15-21(18)25(22)3;;;/h4-15H,1-3H3;2*1H3;. The zero-order chi connectivity index (χ0) is 20.1. The van der Waals surface area contributed by atoms with Gasteiger partial charge in [0, 0.05) is 25.3 Å². The first-order valence-electron chi connectivity index (χ1n) is 9.47. The van der Waals surface area contributed by atoms with Gasteiger partial charge in [0.1, 0.15) is 5.82 Å². The van der Waals surface area contributed by atoms with Crippen LogP contribution in [0.3, 0.4) is 0 Å². The summed E-state index contributed by atoms with van der Waals surface area (Å²) in [5.74, 6) is 0.984. The van der Waals surface area contributed by atoms with Gasteiger partial charge in [0.2, 0.25) is 0 Å². The molecule has 0 aliphatic carbocycles. The van der Waals surface area contributed by atoms with Crippen molar-refractivity contribution in [3.05, 3.63) is 78.4 Å². The van der Waals surface area contributed by atoms with Gasteiger partial charge in [0.15, 0.2) is 0 Å². The molecule has 1 aromatic heterocycles. The number of hydrogen-bond acceptors (Lipinski definition) is 2. The molecule has 0 bridgehead atoms. The summed E-state index contributed by atoms with van der Waals surface area (Å²) in [6, 6.07) is 25.2. The summed E-state index contributed by atoms with van der Waals surface area (Å²) in [5.41, 5.74) is 6.90. The van der Waals surface area contributed by atoms with Crippen molar-refractivity contribution in [2.75, 3.05) is 11.9 Å². The van der Waals surface area contributed by atoms with Crippen molar-refractivity contribution >= 4 is 46.6 Å². The average Bonchev–Trinajstić information content (AvgIpc) is 3.05. The van der Waals surface area contributed by atoms with E-state index in [9.17, 15) is 0 Å². The molecule has 0 fully saturated rings. The first-order chi connectivity index (χ1) is 13.6. The molecular formula is C24H27N3Pb. The Bertz CT molecular complexity index is 1070. The third kappa shape index (κ3) is 4.14. The van der Waals surface area contributed by atoms with Gasteiger partial charge in [-0.3, -0.25) is 0 Å². The molecular weight excluding hydrogens is 537 g/mol. The van der Waals surface area contributed by atoms with Crippen molar-refractivity contribution in [2.45, 2.75) is 15.9 Å². The van der Waals surface area contributed by atoms with Crippen molar-refractivity contribution in [3.8, 4) is 11.4 Å². The van der Waals surface area contributed by atoms with Gasteiger partial charge in [0.25, 0.3) is 0 Å². The normalized spacial score (nSPS) is 10.5. The second-order valence-electron chi connectivity index (χ2n) is 6.85.